The van der Waals surface area contributed by atoms with E-state index in [1.54, 1.807) is 12.1 Å². The fourth-order valence-electron chi connectivity index (χ4n) is 2.98. The predicted molar refractivity (Wildman–Crippen MR) is 85.8 cm³/mol. The second kappa shape index (κ2) is 7.98. The summed E-state index contributed by atoms with van der Waals surface area (Å²) in [6.07, 6.45) is 7.84. The number of benzene rings is 1. The van der Waals surface area contributed by atoms with Crippen molar-refractivity contribution in [2.24, 2.45) is 0 Å². The number of anilines is 1. The third-order valence-electron chi connectivity index (χ3n) is 4.16. The number of nitro groups is 1. The van der Waals surface area contributed by atoms with E-state index in [4.69, 9.17) is 0 Å². The minimum absolute atomic E-state index is 0.157. The number of nitro benzene ring substituents is 1. The SMILES string of the molecule is Cc1cccc([N+](=O)[O-])c1NCCNC1CCCCCC1. The Morgan fingerprint density at radius 3 is 2.57 bits per heavy atom. The number of aryl methyl sites for hydroxylation is 1. The number of para-hydroxylation sites is 1. The molecule has 5 heteroatoms. The average molecular weight is 291 g/mol. The van der Waals surface area contributed by atoms with Gasteiger partial charge in [-0.15, -0.1) is 0 Å². The van der Waals surface area contributed by atoms with Gasteiger partial charge in [0.25, 0.3) is 5.69 Å². The van der Waals surface area contributed by atoms with Gasteiger partial charge in [0, 0.05) is 25.2 Å². The second-order valence-electron chi connectivity index (χ2n) is 5.80. The van der Waals surface area contributed by atoms with E-state index in [1.165, 1.54) is 38.5 Å². The number of rotatable bonds is 6. The first-order valence-corrected chi connectivity index (χ1v) is 7.90. The van der Waals surface area contributed by atoms with Crippen molar-refractivity contribution in [2.45, 2.75) is 51.5 Å². The van der Waals surface area contributed by atoms with Gasteiger partial charge in [0.15, 0.2) is 0 Å². The lowest BCUT2D eigenvalue weighted by molar-refractivity contribution is -0.384. The fraction of sp³-hybridized carbons (Fsp3) is 0.625. The molecule has 116 valence electrons. The van der Waals surface area contributed by atoms with E-state index < -0.39 is 0 Å². The van der Waals surface area contributed by atoms with Crippen molar-refractivity contribution in [3.05, 3.63) is 33.9 Å². The predicted octanol–water partition coefficient (Wildman–Crippen LogP) is 3.63. The highest BCUT2D eigenvalue weighted by atomic mass is 16.6. The summed E-state index contributed by atoms with van der Waals surface area (Å²) in [7, 11) is 0. The molecular formula is C16H25N3O2. The monoisotopic (exact) mass is 291 g/mol. The Hall–Kier alpha value is -1.62. The summed E-state index contributed by atoms with van der Waals surface area (Å²) in [4.78, 5) is 10.7. The quantitative estimate of drug-likeness (QED) is 0.363. The van der Waals surface area contributed by atoms with Crippen molar-refractivity contribution in [3.8, 4) is 0 Å². The van der Waals surface area contributed by atoms with E-state index in [0.29, 0.717) is 18.3 Å². The van der Waals surface area contributed by atoms with Gasteiger partial charge in [-0.05, 0) is 25.3 Å². The van der Waals surface area contributed by atoms with Crippen molar-refractivity contribution >= 4 is 11.4 Å². The van der Waals surface area contributed by atoms with Gasteiger partial charge < -0.3 is 10.6 Å². The van der Waals surface area contributed by atoms with Gasteiger partial charge in [0.2, 0.25) is 0 Å². The third kappa shape index (κ3) is 4.70. The molecule has 0 aliphatic heterocycles. The minimum atomic E-state index is -0.325. The molecule has 2 N–H and O–H groups in total. The molecule has 1 fully saturated rings. The van der Waals surface area contributed by atoms with Gasteiger partial charge in [-0.25, -0.2) is 0 Å². The summed E-state index contributed by atoms with van der Waals surface area (Å²) in [5, 5.41) is 17.8. The molecule has 0 saturated heterocycles. The molecular weight excluding hydrogens is 266 g/mol. The Labute approximate surface area is 126 Å². The van der Waals surface area contributed by atoms with Crippen molar-refractivity contribution in [2.75, 3.05) is 18.4 Å². The first kappa shape index (κ1) is 15.8. The summed E-state index contributed by atoms with van der Waals surface area (Å²) < 4.78 is 0. The molecule has 1 aliphatic carbocycles. The zero-order valence-electron chi connectivity index (χ0n) is 12.7. The lowest BCUT2D eigenvalue weighted by Crippen LogP contribution is -2.32. The van der Waals surface area contributed by atoms with Gasteiger partial charge >= 0.3 is 0 Å². The van der Waals surface area contributed by atoms with Gasteiger partial charge in [0.1, 0.15) is 5.69 Å². The molecule has 1 aromatic carbocycles. The van der Waals surface area contributed by atoms with E-state index in [0.717, 1.165) is 12.1 Å². The van der Waals surface area contributed by atoms with Crippen molar-refractivity contribution in [3.63, 3.8) is 0 Å². The summed E-state index contributed by atoms with van der Waals surface area (Å²) in [6.45, 7) is 3.45. The normalized spacial score (nSPS) is 16.4. The van der Waals surface area contributed by atoms with Crippen LogP contribution in [0.3, 0.4) is 0 Å². The van der Waals surface area contributed by atoms with Crippen LogP contribution in [-0.2, 0) is 0 Å². The van der Waals surface area contributed by atoms with Crippen molar-refractivity contribution in [1.29, 1.82) is 0 Å². The van der Waals surface area contributed by atoms with E-state index in [-0.39, 0.29) is 10.6 Å². The Kier molecular flexibility index (Phi) is 5.99. The number of nitrogens with zero attached hydrogens (tertiary/aromatic N) is 1. The van der Waals surface area contributed by atoms with Gasteiger partial charge in [-0.3, -0.25) is 10.1 Å². The lowest BCUT2D eigenvalue weighted by atomic mass is 10.1. The molecule has 0 spiro atoms. The largest absolute Gasteiger partial charge is 0.378 e. The molecule has 0 aromatic heterocycles. The van der Waals surface area contributed by atoms with Gasteiger partial charge in [0.05, 0.1) is 4.92 Å². The van der Waals surface area contributed by atoms with Crippen LogP contribution < -0.4 is 10.6 Å². The van der Waals surface area contributed by atoms with Crippen LogP contribution in [0.15, 0.2) is 18.2 Å². The molecule has 1 saturated carbocycles. The molecule has 1 aromatic rings. The Balaban J connectivity index is 1.82. The highest BCUT2D eigenvalue weighted by Gasteiger charge is 2.15. The number of hydrogen-bond donors (Lipinski definition) is 2. The van der Waals surface area contributed by atoms with Crippen LogP contribution >= 0.6 is 0 Å². The molecule has 2 rings (SSSR count). The third-order valence-corrected chi connectivity index (χ3v) is 4.16. The van der Waals surface area contributed by atoms with Crippen LogP contribution in [0.25, 0.3) is 0 Å². The standard InChI is InChI=1S/C16H25N3O2/c1-13-7-6-10-15(19(20)21)16(13)18-12-11-17-14-8-4-2-3-5-9-14/h6-7,10,14,17-18H,2-5,8-9,11-12H2,1H3. The Morgan fingerprint density at radius 1 is 1.19 bits per heavy atom. The zero-order valence-corrected chi connectivity index (χ0v) is 12.7. The second-order valence-corrected chi connectivity index (χ2v) is 5.80. The maximum atomic E-state index is 11.0. The molecule has 21 heavy (non-hydrogen) atoms. The Morgan fingerprint density at radius 2 is 1.90 bits per heavy atom. The van der Waals surface area contributed by atoms with Crippen LogP contribution in [0.5, 0.6) is 0 Å². The van der Waals surface area contributed by atoms with E-state index in [2.05, 4.69) is 10.6 Å². The lowest BCUT2D eigenvalue weighted by Gasteiger charge is -2.17. The van der Waals surface area contributed by atoms with Crippen molar-refractivity contribution < 1.29 is 4.92 Å². The molecule has 0 radical (unpaired) electrons. The first-order chi connectivity index (χ1) is 10.2. The minimum Gasteiger partial charge on any atom is -0.378 e. The maximum absolute atomic E-state index is 11.0. The number of nitrogens with one attached hydrogen (secondary N) is 2. The molecule has 0 heterocycles. The van der Waals surface area contributed by atoms with Crippen molar-refractivity contribution in [1.82, 2.24) is 5.32 Å². The molecule has 0 bridgehead atoms. The summed E-state index contributed by atoms with van der Waals surface area (Å²) in [6, 6.07) is 5.78. The van der Waals surface area contributed by atoms with Crippen LogP contribution in [0.4, 0.5) is 11.4 Å². The molecule has 0 atom stereocenters. The van der Waals surface area contributed by atoms with E-state index in [9.17, 15) is 10.1 Å². The van der Waals surface area contributed by atoms with Gasteiger partial charge in [-0.2, -0.15) is 0 Å². The summed E-state index contributed by atoms with van der Waals surface area (Å²) in [5.41, 5.74) is 1.72. The smallest absolute Gasteiger partial charge is 0.292 e. The average Bonchev–Trinajstić information content (AvgIpc) is 2.73. The molecule has 1 aliphatic rings. The summed E-state index contributed by atoms with van der Waals surface area (Å²) in [5.74, 6) is 0. The van der Waals surface area contributed by atoms with Crippen LogP contribution in [-0.4, -0.2) is 24.1 Å². The highest BCUT2D eigenvalue weighted by molar-refractivity contribution is 5.65. The summed E-state index contributed by atoms with van der Waals surface area (Å²) >= 11 is 0. The first-order valence-electron chi connectivity index (χ1n) is 7.90. The van der Waals surface area contributed by atoms with Crippen LogP contribution in [0.1, 0.15) is 44.1 Å². The van der Waals surface area contributed by atoms with E-state index in [1.807, 2.05) is 13.0 Å². The van der Waals surface area contributed by atoms with E-state index >= 15 is 0 Å². The maximum Gasteiger partial charge on any atom is 0.292 e. The van der Waals surface area contributed by atoms with Crippen LogP contribution in [0.2, 0.25) is 0 Å². The number of hydrogen-bond acceptors (Lipinski definition) is 4. The fourth-order valence-corrected chi connectivity index (χ4v) is 2.98. The topological polar surface area (TPSA) is 67.2 Å². The zero-order chi connectivity index (χ0) is 15.1. The highest BCUT2D eigenvalue weighted by Crippen LogP contribution is 2.27. The molecule has 0 unspecified atom stereocenters. The Bertz CT molecular complexity index is 469. The molecule has 0 amide bonds. The van der Waals surface area contributed by atoms with Crippen LogP contribution in [0, 0.1) is 17.0 Å². The molecule has 5 nitrogen and oxygen atoms in total. The van der Waals surface area contributed by atoms with Gasteiger partial charge in [-0.1, -0.05) is 37.8 Å².